The van der Waals surface area contributed by atoms with Gasteiger partial charge < -0.3 is 14.9 Å². The summed E-state index contributed by atoms with van der Waals surface area (Å²) in [5, 5.41) is 14.5. The standard InChI is InChI=1S/C23H29N4O6PS/c1-17(2)21(26(34(31,32)33)16-19-9-6-14-35-19)22(28)27(25-12-10-24-11-13-25)20(23(29)30)15-18-7-4-3-5-8-18/h3-12,14,17,20-21H,13,15-16H2,1-2H3,(H,29,30)(H2,31,32,33). The number of nitrogens with zero attached hydrogens (tertiary/aromatic N) is 4. The molecule has 0 bridgehead atoms. The lowest BCUT2D eigenvalue weighted by Gasteiger charge is -2.43. The van der Waals surface area contributed by atoms with E-state index in [2.05, 4.69) is 4.99 Å². The third-order valence-corrected chi connectivity index (χ3v) is 7.41. The Labute approximate surface area is 208 Å². The number of rotatable bonds is 11. The molecule has 2 aromatic rings. The summed E-state index contributed by atoms with van der Waals surface area (Å²) in [5.74, 6) is -2.49. The van der Waals surface area contributed by atoms with Crippen molar-refractivity contribution in [2.45, 2.75) is 38.9 Å². The zero-order chi connectivity index (χ0) is 25.6. The van der Waals surface area contributed by atoms with Gasteiger partial charge in [-0.3, -0.25) is 14.8 Å². The Bertz CT molecular complexity index is 1100. The molecule has 188 valence electrons. The summed E-state index contributed by atoms with van der Waals surface area (Å²) in [6.45, 7) is 3.33. The van der Waals surface area contributed by atoms with Crippen LogP contribution in [-0.4, -0.2) is 66.3 Å². The molecular formula is C23H29N4O6PS. The lowest BCUT2D eigenvalue weighted by atomic mass is 10.0. The van der Waals surface area contributed by atoms with Gasteiger partial charge in [0.25, 0.3) is 5.91 Å². The highest BCUT2D eigenvalue weighted by Gasteiger charge is 2.45. The van der Waals surface area contributed by atoms with Crippen molar-refractivity contribution in [1.29, 1.82) is 0 Å². The van der Waals surface area contributed by atoms with Crippen LogP contribution < -0.4 is 0 Å². The Balaban J connectivity index is 2.05. The van der Waals surface area contributed by atoms with Crippen molar-refractivity contribution in [3.8, 4) is 0 Å². The lowest BCUT2D eigenvalue weighted by Crippen LogP contribution is -2.60. The van der Waals surface area contributed by atoms with E-state index in [9.17, 15) is 29.0 Å². The minimum absolute atomic E-state index is 0.00897. The molecule has 2 atom stereocenters. The highest BCUT2D eigenvalue weighted by atomic mass is 32.1. The molecular weight excluding hydrogens is 491 g/mol. The average molecular weight is 521 g/mol. The Hall–Kier alpha value is -2.82. The molecule has 0 aliphatic carbocycles. The Morgan fingerprint density at radius 3 is 2.40 bits per heavy atom. The molecule has 2 unspecified atom stereocenters. The van der Waals surface area contributed by atoms with Crippen molar-refractivity contribution in [3.05, 3.63) is 70.7 Å². The molecule has 2 heterocycles. The maximum absolute atomic E-state index is 14.1. The fourth-order valence-corrected chi connectivity index (χ4v) is 5.73. The molecule has 0 radical (unpaired) electrons. The highest BCUT2D eigenvalue weighted by molar-refractivity contribution is 7.49. The number of aliphatic carboxylic acids is 1. The predicted molar refractivity (Wildman–Crippen MR) is 133 cm³/mol. The van der Waals surface area contributed by atoms with Crippen LogP contribution in [0, 0.1) is 5.92 Å². The van der Waals surface area contributed by atoms with Crippen molar-refractivity contribution in [3.63, 3.8) is 0 Å². The van der Waals surface area contributed by atoms with Crippen LogP contribution in [0.25, 0.3) is 0 Å². The van der Waals surface area contributed by atoms with Crippen LogP contribution >= 0.6 is 19.1 Å². The van der Waals surface area contributed by atoms with Crippen LogP contribution in [0.5, 0.6) is 0 Å². The molecule has 1 amide bonds. The van der Waals surface area contributed by atoms with Crippen LogP contribution in [0.15, 0.2) is 65.2 Å². The van der Waals surface area contributed by atoms with Gasteiger partial charge >= 0.3 is 13.7 Å². The Morgan fingerprint density at radius 1 is 1.17 bits per heavy atom. The fourth-order valence-electron chi connectivity index (χ4n) is 3.91. The number of hydrogen-bond acceptors (Lipinski definition) is 6. The number of thiophene rings is 1. The largest absolute Gasteiger partial charge is 0.480 e. The SMILES string of the molecule is CC(C)C(C(=O)N(C(Cc1ccccc1)C(=O)O)N1C=CN=CC1)N(Cc1cccs1)P(=O)(O)O. The molecule has 35 heavy (non-hydrogen) atoms. The number of carbonyl (C=O) groups is 2. The third kappa shape index (κ3) is 6.87. The van der Waals surface area contributed by atoms with E-state index in [0.29, 0.717) is 10.4 Å². The topological polar surface area (TPSA) is 134 Å². The first-order chi connectivity index (χ1) is 16.6. The van der Waals surface area contributed by atoms with E-state index in [4.69, 9.17) is 0 Å². The highest BCUT2D eigenvalue weighted by Crippen LogP contribution is 2.45. The van der Waals surface area contributed by atoms with Gasteiger partial charge in [0.1, 0.15) is 6.04 Å². The van der Waals surface area contributed by atoms with Gasteiger partial charge in [-0.2, -0.15) is 4.67 Å². The van der Waals surface area contributed by atoms with Gasteiger partial charge in [-0.05, 0) is 22.9 Å². The number of amides is 1. The normalized spacial score (nSPS) is 15.4. The van der Waals surface area contributed by atoms with Crippen molar-refractivity contribution in [2.24, 2.45) is 10.9 Å². The zero-order valence-electron chi connectivity index (χ0n) is 19.4. The van der Waals surface area contributed by atoms with Crippen LogP contribution in [0.1, 0.15) is 24.3 Å². The average Bonchev–Trinajstić information content (AvgIpc) is 3.32. The first-order valence-electron chi connectivity index (χ1n) is 11.0. The molecule has 10 nitrogen and oxygen atoms in total. The molecule has 0 saturated carbocycles. The molecule has 1 aromatic heterocycles. The summed E-state index contributed by atoms with van der Waals surface area (Å²) in [6.07, 6.45) is 4.45. The number of aliphatic imine (C=N–C) groups is 1. The summed E-state index contributed by atoms with van der Waals surface area (Å²) >= 11 is 1.31. The minimum atomic E-state index is -4.90. The minimum Gasteiger partial charge on any atom is -0.480 e. The molecule has 3 rings (SSSR count). The molecule has 0 spiro atoms. The van der Waals surface area contributed by atoms with E-state index in [-0.39, 0.29) is 19.5 Å². The maximum atomic E-state index is 14.1. The second-order valence-corrected chi connectivity index (χ2v) is 10.9. The van der Waals surface area contributed by atoms with Gasteiger partial charge in [-0.1, -0.05) is 50.2 Å². The van der Waals surface area contributed by atoms with Crippen LogP contribution in [0.3, 0.4) is 0 Å². The van der Waals surface area contributed by atoms with Crippen LogP contribution in [0.2, 0.25) is 0 Å². The number of carbonyl (C=O) groups excluding carboxylic acids is 1. The first kappa shape index (κ1) is 26.8. The van der Waals surface area contributed by atoms with Crippen molar-refractivity contribution >= 4 is 37.2 Å². The monoisotopic (exact) mass is 520 g/mol. The molecule has 1 aliphatic heterocycles. The van der Waals surface area contributed by atoms with E-state index in [1.165, 1.54) is 35.0 Å². The molecule has 0 saturated heterocycles. The molecule has 12 heteroatoms. The molecule has 1 aromatic carbocycles. The van der Waals surface area contributed by atoms with E-state index in [1.54, 1.807) is 55.6 Å². The summed E-state index contributed by atoms with van der Waals surface area (Å²) in [6, 6.07) is 9.79. The first-order valence-corrected chi connectivity index (χ1v) is 13.4. The molecule has 3 N–H and O–H groups in total. The summed E-state index contributed by atoms with van der Waals surface area (Å²) in [5.41, 5.74) is 0.707. The van der Waals surface area contributed by atoms with Crippen molar-refractivity contribution < 1.29 is 29.0 Å². The van der Waals surface area contributed by atoms with Crippen LogP contribution in [0.4, 0.5) is 0 Å². The van der Waals surface area contributed by atoms with Crippen molar-refractivity contribution in [1.82, 2.24) is 14.7 Å². The quantitative estimate of drug-likeness (QED) is 0.385. The zero-order valence-corrected chi connectivity index (χ0v) is 21.1. The maximum Gasteiger partial charge on any atom is 0.404 e. The Kier molecular flexibility index (Phi) is 8.98. The lowest BCUT2D eigenvalue weighted by molar-refractivity contribution is -0.167. The number of hydrazine groups is 1. The summed E-state index contributed by atoms with van der Waals surface area (Å²) in [7, 11) is -4.90. The van der Waals surface area contributed by atoms with Gasteiger partial charge in [-0.15, -0.1) is 11.3 Å². The number of carboxylic acid groups (broad SMARTS) is 1. The van der Waals surface area contributed by atoms with Crippen LogP contribution in [-0.2, 0) is 27.1 Å². The molecule has 1 aliphatic rings. The van der Waals surface area contributed by atoms with Gasteiger partial charge in [0.05, 0.1) is 6.54 Å². The van der Waals surface area contributed by atoms with Gasteiger partial charge in [0, 0.05) is 36.5 Å². The third-order valence-electron chi connectivity index (χ3n) is 5.49. The number of carboxylic acids is 1. The van der Waals surface area contributed by atoms with Crippen molar-refractivity contribution in [2.75, 3.05) is 6.54 Å². The van der Waals surface area contributed by atoms with Gasteiger partial charge in [0.15, 0.2) is 6.04 Å². The summed E-state index contributed by atoms with van der Waals surface area (Å²) < 4.78 is 13.5. The molecule has 0 fully saturated rings. The van der Waals surface area contributed by atoms with E-state index in [1.807, 2.05) is 6.07 Å². The number of hydrogen-bond donors (Lipinski definition) is 3. The van der Waals surface area contributed by atoms with Gasteiger partial charge in [-0.25, -0.2) is 14.4 Å². The van der Waals surface area contributed by atoms with E-state index < -0.39 is 37.6 Å². The van der Waals surface area contributed by atoms with Gasteiger partial charge in [0.2, 0.25) is 0 Å². The predicted octanol–water partition coefficient (Wildman–Crippen LogP) is 2.96. The fraction of sp³-hybridized carbons (Fsp3) is 0.348. The second-order valence-electron chi connectivity index (χ2n) is 8.36. The second kappa shape index (κ2) is 11.7. The van der Waals surface area contributed by atoms with E-state index >= 15 is 0 Å². The van der Waals surface area contributed by atoms with E-state index in [0.717, 1.165) is 9.68 Å². The summed E-state index contributed by atoms with van der Waals surface area (Å²) in [4.78, 5) is 51.7. The smallest absolute Gasteiger partial charge is 0.404 e. The Morgan fingerprint density at radius 2 is 1.89 bits per heavy atom. The number of benzene rings is 1.